The highest BCUT2D eigenvalue weighted by Gasteiger charge is 2.11. The van der Waals surface area contributed by atoms with Gasteiger partial charge in [0.15, 0.2) is 0 Å². The molecule has 0 fully saturated rings. The monoisotopic (exact) mass is 317 g/mol. The first kappa shape index (κ1) is 17.0. The molecule has 2 aromatic rings. The summed E-state index contributed by atoms with van der Waals surface area (Å²) in [5.74, 6) is 0.891. The Bertz CT molecular complexity index is 641. The van der Waals surface area contributed by atoms with Crippen LogP contribution < -0.4 is 10.6 Å². The first-order chi connectivity index (χ1) is 11.1. The predicted octanol–water partition coefficient (Wildman–Crippen LogP) is 1.18. The van der Waals surface area contributed by atoms with Crippen molar-refractivity contribution in [3.8, 4) is 0 Å². The SMILES string of the molecule is CCc1nncn1CCNC(=O)NCC(O)c1ccccc1C. The average Bonchev–Trinajstić information content (AvgIpc) is 3.00. The van der Waals surface area contributed by atoms with Crippen LogP contribution in [0.5, 0.6) is 0 Å². The number of carbonyl (C=O) groups excluding carboxylic acids is 1. The van der Waals surface area contributed by atoms with Crippen molar-refractivity contribution in [3.63, 3.8) is 0 Å². The van der Waals surface area contributed by atoms with Gasteiger partial charge in [-0.3, -0.25) is 0 Å². The summed E-state index contributed by atoms with van der Waals surface area (Å²) in [5, 5.41) is 23.4. The van der Waals surface area contributed by atoms with Gasteiger partial charge in [0.1, 0.15) is 12.2 Å². The fourth-order valence-corrected chi connectivity index (χ4v) is 2.35. The van der Waals surface area contributed by atoms with Gasteiger partial charge in [0, 0.05) is 26.1 Å². The lowest BCUT2D eigenvalue weighted by atomic mass is 10.0. The number of aryl methyl sites for hydroxylation is 2. The fourth-order valence-electron chi connectivity index (χ4n) is 2.35. The van der Waals surface area contributed by atoms with E-state index in [0.29, 0.717) is 13.1 Å². The molecule has 0 aliphatic rings. The Hall–Kier alpha value is -2.41. The van der Waals surface area contributed by atoms with Crippen LogP contribution in [-0.2, 0) is 13.0 Å². The molecule has 0 bridgehead atoms. The third-order valence-corrected chi connectivity index (χ3v) is 3.65. The van der Waals surface area contributed by atoms with Crippen molar-refractivity contribution in [1.29, 1.82) is 0 Å². The highest BCUT2D eigenvalue weighted by atomic mass is 16.3. The van der Waals surface area contributed by atoms with E-state index in [1.54, 1.807) is 6.33 Å². The highest BCUT2D eigenvalue weighted by Crippen LogP contribution is 2.15. The average molecular weight is 317 g/mol. The van der Waals surface area contributed by atoms with Crippen LogP contribution in [0.4, 0.5) is 4.79 Å². The Morgan fingerprint density at radius 2 is 2.13 bits per heavy atom. The largest absolute Gasteiger partial charge is 0.387 e. The molecular weight excluding hydrogens is 294 g/mol. The summed E-state index contributed by atoms with van der Waals surface area (Å²) < 4.78 is 1.91. The molecule has 2 amide bonds. The molecule has 2 rings (SSSR count). The molecule has 1 aromatic heterocycles. The maximum atomic E-state index is 11.8. The number of nitrogens with one attached hydrogen (secondary N) is 2. The molecule has 1 unspecified atom stereocenters. The standard InChI is InChI=1S/C16H23N5O2/c1-3-15-20-19-11-21(15)9-8-17-16(23)18-10-14(22)13-7-5-4-6-12(13)2/h4-7,11,14,22H,3,8-10H2,1-2H3,(H2,17,18,23). The van der Waals surface area contributed by atoms with Gasteiger partial charge in [-0.2, -0.15) is 0 Å². The number of aromatic nitrogens is 3. The topological polar surface area (TPSA) is 92.1 Å². The van der Waals surface area contributed by atoms with E-state index in [4.69, 9.17) is 0 Å². The van der Waals surface area contributed by atoms with Crippen LogP contribution in [0.3, 0.4) is 0 Å². The van der Waals surface area contributed by atoms with Gasteiger partial charge in [-0.05, 0) is 18.1 Å². The highest BCUT2D eigenvalue weighted by molar-refractivity contribution is 5.73. The van der Waals surface area contributed by atoms with Crippen LogP contribution in [0.2, 0.25) is 0 Å². The van der Waals surface area contributed by atoms with Gasteiger partial charge in [-0.1, -0.05) is 31.2 Å². The molecule has 0 aliphatic carbocycles. The Morgan fingerprint density at radius 3 is 2.87 bits per heavy atom. The summed E-state index contributed by atoms with van der Waals surface area (Å²) in [6, 6.07) is 7.28. The van der Waals surface area contributed by atoms with E-state index >= 15 is 0 Å². The summed E-state index contributed by atoms with van der Waals surface area (Å²) in [6.45, 7) is 5.20. The molecular formula is C16H23N5O2. The van der Waals surface area contributed by atoms with Gasteiger partial charge in [0.25, 0.3) is 0 Å². The molecule has 1 atom stereocenters. The second-order valence-electron chi connectivity index (χ2n) is 5.30. The molecule has 23 heavy (non-hydrogen) atoms. The third kappa shape index (κ3) is 4.79. The minimum atomic E-state index is -0.716. The van der Waals surface area contributed by atoms with Crippen molar-refractivity contribution in [3.05, 3.63) is 47.5 Å². The zero-order valence-corrected chi connectivity index (χ0v) is 13.5. The third-order valence-electron chi connectivity index (χ3n) is 3.65. The normalized spacial score (nSPS) is 12.0. The van der Waals surface area contributed by atoms with E-state index in [1.165, 1.54) is 0 Å². The summed E-state index contributed by atoms with van der Waals surface area (Å²) in [4.78, 5) is 11.8. The number of aliphatic hydroxyl groups excluding tert-OH is 1. The molecule has 0 saturated carbocycles. The number of amides is 2. The van der Waals surface area contributed by atoms with Gasteiger partial charge >= 0.3 is 6.03 Å². The lowest BCUT2D eigenvalue weighted by Crippen LogP contribution is -2.39. The van der Waals surface area contributed by atoms with Crippen molar-refractivity contribution in [2.24, 2.45) is 0 Å². The van der Waals surface area contributed by atoms with E-state index in [9.17, 15) is 9.90 Å². The summed E-state index contributed by atoms with van der Waals surface area (Å²) in [7, 11) is 0. The Balaban J connectivity index is 1.72. The van der Waals surface area contributed by atoms with Crippen LogP contribution in [-0.4, -0.2) is 39.0 Å². The van der Waals surface area contributed by atoms with E-state index in [1.807, 2.05) is 42.7 Å². The number of benzene rings is 1. The Morgan fingerprint density at radius 1 is 1.35 bits per heavy atom. The van der Waals surface area contributed by atoms with Crippen LogP contribution in [0.1, 0.15) is 30.0 Å². The predicted molar refractivity (Wildman–Crippen MR) is 86.9 cm³/mol. The number of hydrogen-bond donors (Lipinski definition) is 3. The molecule has 3 N–H and O–H groups in total. The summed E-state index contributed by atoms with van der Waals surface area (Å²) in [5.41, 5.74) is 1.83. The number of aliphatic hydroxyl groups is 1. The number of hydrogen-bond acceptors (Lipinski definition) is 4. The van der Waals surface area contributed by atoms with Crippen LogP contribution >= 0.6 is 0 Å². The molecule has 0 spiro atoms. The zero-order valence-electron chi connectivity index (χ0n) is 13.5. The van der Waals surface area contributed by atoms with Crippen LogP contribution in [0.25, 0.3) is 0 Å². The summed E-state index contributed by atoms with van der Waals surface area (Å²) in [6.07, 6.45) is 1.74. The molecule has 1 aromatic carbocycles. The smallest absolute Gasteiger partial charge is 0.314 e. The maximum Gasteiger partial charge on any atom is 0.314 e. The number of urea groups is 1. The van der Waals surface area contributed by atoms with Gasteiger partial charge < -0.3 is 20.3 Å². The van der Waals surface area contributed by atoms with Crippen molar-refractivity contribution in [2.45, 2.75) is 32.9 Å². The maximum absolute atomic E-state index is 11.8. The lowest BCUT2D eigenvalue weighted by molar-refractivity contribution is 0.172. The first-order valence-electron chi connectivity index (χ1n) is 7.73. The molecule has 7 heteroatoms. The second-order valence-corrected chi connectivity index (χ2v) is 5.30. The fraction of sp³-hybridized carbons (Fsp3) is 0.438. The van der Waals surface area contributed by atoms with Crippen molar-refractivity contribution in [1.82, 2.24) is 25.4 Å². The Kier molecular flexibility index (Phi) is 6.10. The minimum absolute atomic E-state index is 0.170. The molecule has 0 aliphatic heterocycles. The zero-order chi connectivity index (χ0) is 16.7. The first-order valence-corrected chi connectivity index (χ1v) is 7.73. The van der Waals surface area contributed by atoms with E-state index < -0.39 is 6.10 Å². The van der Waals surface area contributed by atoms with Gasteiger partial charge in [0.2, 0.25) is 0 Å². The van der Waals surface area contributed by atoms with Crippen molar-refractivity contribution >= 4 is 6.03 Å². The van der Waals surface area contributed by atoms with Crippen molar-refractivity contribution < 1.29 is 9.90 Å². The molecule has 0 radical (unpaired) electrons. The summed E-state index contributed by atoms with van der Waals surface area (Å²) >= 11 is 0. The van der Waals surface area contributed by atoms with Crippen LogP contribution in [0, 0.1) is 6.92 Å². The molecule has 1 heterocycles. The second kappa shape index (κ2) is 8.28. The minimum Gasteiger partial charge on any atom is -0.387 e. The van der Waals surface area contributed by atoms with Gasteiger partial charge in [-0.15, -0.1) is 10.2 Å². The number of nitrogens with zero attached hydrogens (tertiary/aromatic N) is 3. The molecule has 0 saturated heterocycles. The lowest BCUT2D eigenvalue weighted by Gasteiger charge is -2.15. The quantitative estimate of drug-likeness (QED) is 0.715. The molecule has 124 valence electrons. The Labute approximate surface area is 135 Å². The van der Waals surface area contributed by atoms with Gasteiger partial charge in [-0.25, -0.2) is 4.79 Å². The van der Waals surface area contributed by atoms with E-state index in [2.05, 4.69) is 20.8 Å². The van der Waals surface area contributed by atoms with Crippen molar-refractivity contribution in [2.75, 3.05) is 13.1 Å². The van der Waals surface area contributed by atoms with E-state index in [-0.39, 0.29) is 12.6 Å². The van der Waals surface area contributed by atoms with Crippen LogP contribution in [0.15, 0.2) is 30.6 Å². The van der Waals surface area contributed by atoms with E-state index in [0.717, 1.165) is 23.4 Å². The molecule has 7 nitrogen and oxygen atoms in total. The number of rotatable bonds is 7. The van der Waals surface area contributed by atoms with Gasteiger partial charge in [0.05, 0.1) is 6.10 Å². The number of carbonyl (C=O) groups is 1.